The maximum atomic E-state index is 12.9. The number of amides is 3. The van der Waals surface area contributed by atoms with Crippen LogP contribution in [-0.4, -0.2) is 38.4 Å². The normalized spacial score (nSPS) is 18.1. The molecule has 1 atom stereocenters. The van der Waals surface area contributed by atoms with E-state index in [-0.39, 0.29) is 18.2 Å². The van der Waals surface area contributed by atoms with E-state index in [0.717, 1.165) is 27.3 Å². The number of hydrogen-bond donors (Lipinski definition) is 1. The third kappa shape index (κ3) is 3.12. The van der Waals surface area contributed by atoms with Crippen LogP contribution < -0.4 is 5.32 Å². The Balaban J connectivity index is 1.49. The number of imide groups is 1. The Labute approximate surface area is 181 Å². The molecule has 31 heavy (non-hydrogen) atoms. The quantitative estimate of drug-likeness (QED) is 0.641. The fourth-order valence-electron chi connectivity index (χ4n) is 4.21. The van der Waals surface area contributed by atoms with Gasteiger partial charge in [0.15, 0.2) is 0 Å². The Morgan fingerprint density at radius 2 is 2.03 bits per heavy atom. The summed E-state index contributed by atoms with van der Waals surface area (Å²) in [5, 5.41) is 15.9. The van der Waals surface area contributed by atoms with Gasteiger partial charge in [-0.05, 0) is 41.8 Å². The van der Waals surface area contributed by atoms with E-state index in [1.165, 1.54) is 11.3 Å². The van der Waals surface area contributed by atoms with Gasteiger partial charge in [0.25, 0.3) is 5.91 Å². The molecule has 8 nitrogen and oxygen atoms in total. The van der Waals surface area contributed by atoms with Crippen molar-refractivity contribution in [2.75, 3.05) is 0 Å². The van der Waals surface area contributed by atoms with E-state index >= 15 is 0 Å². The molecule has 5 rings (SSSR count). The van der Waals surface area contributed by atoms with Crippen molar-refractivity contribution in [3.8, 4) is 27.8 Å². The second kappa shape index (κ2) is 7.18. The van der Waals surface area contributed by atoms with E-state index in [0.29, 0.717) is 23.4 Å². The molecule has 4 heterocycles. The lowest BCUT2D eigenvalue weighted by atomic mass is 10.0. The predicted molar refractivity (Wildman–Crippen MR) is 113 cm³/mol. The highest BCUT2D eigenvalue weighted by Gasteiger charge is 2.39. The highest BCUT2D eigenvalue weighted by molar-refractivity contribution is 7.16. The zero-order chi connectivity index (χ0) is 21.7. The van der Waals surface area contributed by atoms with E-state index in [1.807, 2.05) is 25.2 Å². The Kier molecular flexibility index (Phi) is 4.45. The van der Waals surface area contributed by atoms with Crippen molar-refractivity contribution in [2.24, 2.45) is 7.05 Å². The molecule has 2 aliphatic rings. The van der Waals surface area contributed by atoms with Gasteiger partial charge in [0.05, 0.1) is 16.8 Å². The zero-order valence-corrected chi connectivity index (χ0v) is 17.4. The van der Waals surface area contributed by atoms with Crippen molar-refractivity contribution in [2.45, 2.75) is 25.4 Å². The summed E-state index contributed by atoms with van der Waals surface area (Å²) in [7, 11) is 1.85. The van der Waals surface area contributed by atoms with Crippen LogP contribution in [0.15, 0.2) is 36.5 Å². The number of benzene rings is 1. The molecule has 0 bridgehead atoms. The summed E-state index contributed by atoms with van der Waals surface area (Å²) >= 11 is 1.40. The SMILES string of the molecule is Cn1ncc(-c2ccc3c(c2)CN(C2CCC(=O)NC2=O)C3=O)c1-c1ccc(C#N)s1. The van der Waals surface area contributed by atoms with Crippen LogP contribution in [0.3, 0.4) is 0 Å². The Hall–Kier alpha value is -3.77. The molecule has 1 saturated heterocycles. The number of carbonyl (C=O) groups is 3. The van der Waals surface area contributed by atoms with Crippen LogP contribution in [0.5, 0.6) is 0 Å². The Morgan fingerprint density at radius 3 is 2.77 bits per heavy atom. The number of fused-ring (bicyclic) bond motifs is 1. The molecular weight excluding hydrogens is 414 g/mol. The molecule has 154 valence electrons. The minimum atomic E-state index is -0.634. The van der Waals surface area contributed by atoms with Crippen LogP contribution in [0, 0.1) is 11.3 Å². The molecule has 0 spiro atoms. The van der Waals surface area contributed by atoms with Crippen molar-refractivity contribution in [1.29, 1.82) is 5.26 Å². The number of rotatable bonds is 3. The van der Waals surface area contributed by atoms with Crippen molar-refractivity contribution >= 4 is 29.1 Å². The van der Waals surface area contributed by atoms with Crippen molar-refractivity contribution in [3.63, 3.8) is 0 Å². The first-order valence-electron chi connectivity index (χ1n) is 9.76. The number of hydrogen-bond acceptors (Lipinski definition) is 6. The number of aryl methyl sites for hydroxylation is 1. The molecule has 2 aromatic heterocycles. The van der Waals surface area contributed by atoms with E-state index in [4.69, 9.17) is 5.26 Å². The first kappa shape index (κ1) is 19.2. The predicted octanol–water partition coefficient (Wildman–Crippen LogP) is 2.45. The molecule has 3 amide bonds. The number of aromatic nitrogens is 2. The minimum Gasteiger partial charge on any atom is -0.322 e. The monoisotopic (exact) mass is 431 g/mol. The van der Waals surface area contributed by atoms with Crippen LogP contribution >= 0.6 is 11.3 Å². The second-order valence-corrected chi connectivity index (χ2v) is 8.66. The maximum absolute atomic E-state index is 12.9. The summed E-state index contributed by atoms with van der Waals surface area (Å²) in [5.74, 6) is -0.914. The molecule has 3 aromatic rings. The second-order valence-electron chi connectivity index (χ2n) is 7.58. The summed E-state index contributed by atoms with van der Waals surface area (Å²) in [6.45, 7) is 0.321. The molecule has 0 aliphatic carbocycles. The van der Waals surface area contributed by atoms with Crippen LogP contribution in [-0.2, 0) is 23.2 Å². The molecule has 0 radical (unpaired) electrons. The van der Waals surface area contributed by atoms with Gasteiger partial charge >= 0.3 is 0 Å². The van der Waals surface area contributed by atoms with E-state index in [2.05, 4.69) is 16.5 Å². The van der Waals surface area contributed by atoms with E-state index < -0.39 is 11.9 Å². The van der Waals surface area contributed by atoms with E-state index in [9.17, 15) is 14.4 Å². The largest absolute Gasteiger partial charge is 0.322 e. The van der Waals surface area contributed by atoms with Gasteiger partial charge in [0.2, 0.25) is 11.8 Å². The lowest BCUT2D eigenvalue weighted by Gasteiger charge is -2.29. The summed E-state index contributed by atoms with van der Waals surface area (Å²) in [6, 6.07) is 10.8. The van der Waals surface area contributed by atoms with Crippen molar-refractivity contribution < 1.29 is 14.4 Å². The summed E-state index contributed by atoms with van der Waals surface area (Å²) in [5.41, 5.74) is 4.13. The topological polar surface area (TPSA) is 108 Å². The number of nitriles is 1. The first-order chi connectivity index (χ1) is 15.0. The fraction of sp³-hybridized carbons (Fsp3) is 0.227. The lowest BCUT2D eigenvalue weighted by molar-refractivity contribution is -0.136. The average molecular weight is 431 g/mol. The summed E-state index contributed by atoms with van der Waals surface area (Å²) in [4.78, 5) is 39.7. The van der Waals surface area contributed by atoms with Gasteiger partial charge in [-0.15, -0.1) is 11.3 Å². The molecular formula is C22H17N5O3S. The van der Waals surface area contributed by atoms with Gasteiger partial charge in [0.1, 0.15) is 17.0 Å². The molecule has 9 heteroatoms. The third-order valence-corrected chi connectivity index (χ3v) is 6.72. The molecule has 0 saturated carbocycles. The van der Waals surface area contributed by atoms with Gasteiger partial charge in [0, 0.05) is 31.1 Å². The van der Waals surface area contributed by atoms with Crippen molar-refractivity contribution in [1.82, 2.24) is 20.0 Å². The molecule has 1 unspecified atom stereocenters. The number of nitrogens with zero attached hydrogens (tertiary/aromatic N) is 4. The standard InChI is InChI=1S/C22H17N5O3S/c1-26-20(18-6-3-14(9-23)31-18)16(10-24-26)12-2-4-15-13(8-12)11-27(22(15)30)17-5-7-19(28)25-21(17)29/h2-4,6,8,10,17H,5,7,11H2,1H3,(H,25,28,29). The van der Waals surface area contributed by atoms with Gasteiger partial charge in [-0.25, -0.2) is 0 Å². The zero-order valence-electron chi connectivity index (χ0n) is 16.6. The van der Waals surface area contributed by atoms with Crippen LogP contribution in [0.2, 0.25) is 0 Å². The summed E-state index contributed by atoms with van der Waals surface area (Å²) < 4.78 is 1.77. The van der Waals surface area contributed by atoms with Crippen LogP contribution in [0.25, 0.3) is 21.7 Å². The number of piperidine rings is 1. The van der Waals surface area contributed by atoms with Gasteiger partial charge in [-0.1, -0.05) is 6.07 Å². The van der Waals surface area contributed by atoms with Crippen LogP contribution in [0.4, 0.5) is 0 Å². The van der Waals surface area contributed by atoms with Gasteiger partial charge in [-0.3, -0.25) is 24.4 Å². The minimum absolute atomic E-state index is 0.195. The highest BCUT2D eigenvalue weighted by atomic mass is 32.1. The Morgan fingerprint density at radius 1 is 1.19 bits per heavy atom. The average Bonchev–Trinajstić information content (AvgIpc) is 3.45. The molecule has 1 fully saturated rings. The smallest absolute Gasteiger partial charge is 0.255 e. The van der Waals surface area contributed by atoms with Gasteiger partial charge < -0.3 is 4.90 Å². The fourth-order valence-corrected chi connectivity index (χ4v) is 5.10. The molecule has 1 N–H and O–H groups in total. The first-order valence-corrected chi connectivity index (χ1v) is 10.6. The number of thiophene rings is 1. The molecule has 2 aliphatic heterocycles. The van der Waals surface area contributed by atoms with Crippen molar-refractivity contribution in [3.05, 3.63) is 52.5 Å². The number of carbonyl (C=O) groups excluding carboxylic acids is 3. The maximum Gasteiger partial charge on any atom is 0.255 e. The Bertz CT molecular complexity index is 1300. The number of nitrogens with one attached hydrogen (secondary N) is 1. The van der Waals surface area contributed by atoms with E-state index in [1.54, 1.807) is 27.9 Å². The third-order valence-electron chi connectivity index (χ3n) is 5.72. The lowest BCUT2D eigenvalue weighted by Crippen LogP contribution is -2.52. The van der Waals surface area contributed by atoms with Gasteiger partial charge in [-0.2, -0.15) is 10.4 Å². The molecule has 1 aromatic carbocycles. The van der Waals surface area contributed by atoms with Crippen LogP contribution in [0.1, 0.15) is 33.6 Å². The summed E-state index contributed by atoms with van der Waals surface area (Å²) in [6.07, 6.45) is 2.34. The highest BCUT2D eigenvalue weighted by Crippen LogP contribution is 2.37.